The molecule has 0 saturated heterocycles. The highest BCUT2D eigenvalue weighted by Gasteiger charge is 1.97. The zero-order chi connectivity index (χ0) is 9.90. The van der Waals surface area contributed by atoms with E-state index in [1.807, 2.05) is 31.2 Å². The Morgan fingerprint density at radius 2 is 2.23 bits per heavy atom. The van der Waals surface area contributed by atoms with Gasteiger partial charge in [0.05, 0.1) is 5.69 Å². The van der Waals surface area contributed by atoms with Gasteiger partial charge in [0.1, 0.15) is 0 Å². The van der Waals surface area contributed by atoms with Crippen LogP contribution in [-0.2, 0) is 9.73 Å². The van der Waals surface area contributed by atoms with E-state index in [2.05, 4.69) is 20.3 Å². The van der Waals surface area contributed by atoms with Gasteiger partial charge in [0.25, 0.3) is 0 Å². The van der Waals surface area contributed by atoms with Crippen LogP contribution in [-0.4, -0.2) is 16.2 Å². The van der Waals surface area contributed by atoms with Crippen molar-refractivity contribution in [3.05, 3.63) is 28.7 Å². The number of nitrogens with zero attached hydrogens (tertiary/aromatic N) is 1. The summed E-state index contributed by atoms with van der Waals surface area (Å²) < 4.78 is 16.8. The lowest BCUT2D eigenvalue weighted by Crippen LogP contribution is -1.97. The number of rotatable bonds is 2. The molecule has 1 aromatic carbocycles. The minimum absolute atomic E-state index is 0.583. The average Bonchev–Trinajstić information content (AvgIpc) is 2.03. The molecule has 2 nitrogen and oxygen atoms in total. The molecule has 1 atom stereocenters. The Kier molecular flexibility index (Phi) is 3.50. The van der Waals surface area contributed by atoms with Crippen molar-refractivity contribution in [2.24, 2.45) is 4.36 Å². The molecule has 0 aromatic heterocycles. The van der Waals surface area contributed by atoms with E-state index in [1.165, 1.54) is 0 Å². The molecule has 0 unspecified atom stereocenters. The van der Waals surface area contributed by atoms with Gasteiger partial charge >= 0.3 is 0 Å². The molecule has 72 valence electrons. The molecular formula is C9H12BrNOS. The van der Waals surface area contributed by atoms with Crippen molar-refractivity contribution in [2.75, 3.05) is 12.0 Å². The zero-order valence-corrected chi connectivity index (χ0v) is 10.1. The maximum absolute atomic E-state index is 11.7. The smallest absolute Gasteiger partial charge is 0.0741 e. The van der Waals surface area contributed by atoms with Gasteiger partial charge in [-0.15, -0.1) is 0 Å². The number of halogens is 1. The monoisotopic (exact) mass is 261 g/mol. The molecule has 0 heterocycles. The topological polar surface area (TPSA) is 29.4 Å². The molecule has 1 rings (SSSR count). The van der Waals surface area contributed by atoms with Gasteiger partial charge in [-0.1, -0.05) is 28.9 Å². The van der Waals surface area contributed by atoms with E-state index in [9.17, 15) is 4.21 Å². The Balaban J connectivity index is 3.12. The number of hydrogen-bond donors (Lipinski definition) is 0. The normalized spacial score (nSPS) is 15.0. The second-order valence-electron chi connectivity index (χ2n) is 2.82. The van der Waals surface area contributed by atoms with Crippen molar-refractivity contribution in [3.8, 4) is 0 Å². The Bertz CT molecular complexity index is 408. The van der Waals surface area contributed by atoms with Crippen LogP contribution >= 0.6 is 15.9 Å². The lowest BCUT2D eigenvalue weighted by molar-refractivity contribution is 0.681. The van der Waals surface area contributed by atoms with Gasteiger partial charge in [-0.25, -0.2) is 4.21 Å². The minimum Gasteiger partial charge on any atom is -0.250 e. The summed E-state index contributed by atoms with van der Waals surface area (Å²) in [4.78, 5) is 0. The first-order valence-corrected chi connectivity index (χ1v) is 6.87. The highest BCUT2D eigenvalue weighted by atomic mass is 79.9. The molecule has 1 aromatic rings. The van der Waals surface area contributed by atoms with Gasteiger partial charge < -0.3 is 0 Å². The second-order valence-corrected chi connectivity index (χ2v) is 6.41. The summed E-state index contributed by atoms with van der Waals surface area (Å²) in [6.07, 6.45) is 1.67. The standard InChI is InChI=1S/C9H12BrNOS/c1-3-13(2,12)11-9-6-4-5-8(10)7-9/h4-7H,3H2,1-2H3/t13-/m1/s1. The minimum atomic E-state index is -2.04. The van der Waals surface area contributed by atoms with Gasteiger partial charge in [0.15, 0.2) is 0 Å². The third kappa shape index (κ3) is 3.48. The fourth-order valence-electron chi connectivity index (χ4n) is 0.820. The van der Waals surface area contributed by atoms with E-state index in [0.717, 1.165) is 10.2 Å². The molecule has 0 aliphatic carbocycles. The lowest BCUT2D eigenvalue weighted by atomic mass is 10.3. The molecular weight excluding hydrogens is 250 g/mol. The van der Waals surface area contributed by atoms with Crippen LogP contribution in [0.1, 0.15) is 6.92 Å². The van der Waals surface area contributed by atoms with Crippen molar-refractivity contribution >= 4 is 31.3 Å². The SMILES string of the molecule is CC[S@@](C)(=O)=Nc1cccc(Br)c1. The summed E-state index contributed by atoms with van der Waals surface area (Å²) in [5.41, 5.74) is 0.767. The van der Waals surface area contributed by atoms with Crippen molar-refractivity contribution in [1.82, 2.24) is 0 Å². The van der Waals surface area contributed by atoms with Gasteiger partial charge in [-0.05, 0) is 18.2 Å². The van der Waals surface area contributed by atoms with Crippen LogP contribution in [0.3, 0.4) is 0 Å². The largest absolute Gasteiger partial charge is 0.250 e. The third-order valence-corrected chi connectivity index (χ3v) is 3.80. The third-order valence-electron chi connectivity index (χ3n) is 1.64. The van der Waals surface area contributed by atoms with Crippen LogP contribution in [0.4, 0.5) is 5.69 Å². The summed E-state index contributed by atoms with van der Waals surface area (Å²) in [6, 6.07) is 7.51. The maximum atomic E-state index is 11.7. The molecule has 0 spiro atoms. The molecule has 0 aliphatic rings. The first kappa shape index (κ1) is 10.7. The lowest BCUT2D eigenvalue weighted by Gasteiger charge is -1.99. The fraction of sp³-hybridized carbons (Fsp3) is 0.333. The van der Waals surface area contributed by atoms with Gasteiger partial charge in [0.2, 0.25) is 0 Å². The zero-order valence-electron chi connectivity index (χ0n) is 7.66. The highest BCUT2D eigenvalue weighted by Crippen LogP contribution is 2.19. The summed E-state index contributed by atoms with van der Waals surface area (Å²) >= 11 is 3.34. The van der Waals surface area contributed by atoms with Crippen LogP contribution in [0.2, 0.25) is 0 Å². The fourth-order valence-corrected chi connectivity index (χ4v) is 1.90. The molecule has 0 bridgehead atoms. The van der Waals surface area contributed by atoms with E-state index in [0.29, 0.717) is 5.75 Å². The molecule has 4 heteroatoms. The van der Waals surface area contributed by atoms with Gasteiger partial charge in [-0.3, -0.25) is 0 Å². The van der Waals surface area contributed by atoms with Crippen LogP contribution in [0.5, 0.6) is 0 Å². The maximum Gasteiger partial charge on any atom is 0.0741 e. The molecule has 13 heavy (non-hydrogen) atoms. The molecule has 0 radical (unpaired) electrons. The van der Waals surface area contributed by atoms with Crippen molar-refractivity contribution < 1.29 is 4.21 Å². The summed E-state index contributed by atoms with van der Waals surface area (Å²) in [7, 11) is -2.04. The predicted molar refractivity (Wildman–Crippen MR) is 60.8 cm³/mol. The number of hydrogen-bond acceptors (Lipinski definition) is 2. The van der Waals surface area contributed by atoms with Crippen LogP contribution in [0, 0.1) is 0 Å². The van der Waals surface area contributed by atoms with Gasteiger partial charge in [0, 0.05) is 26.2 Å². The van der Waals surface area contributed by atoms with Crippen molar-refractivity contribution in [2.45, 2.75) is 6.92 Å². The second kappa shape index (κ2) is 4.24. The van der Waals surface area contributed by atoms with Gasteiger partial charge in [-0.2, -0.15) is 4.36 Å². The van der Waals surface area contributed by atoms with E-state index in [4.69, 9.17) is 0 Å². The van der Waals surface area contributed by atoms with Crippen molar-refractivity contribution in [3.63, 3.8) is 0 Å². The first-order valence-electron chi connectivity index (χ1n) is 3.99. The summed E-state index contributed by atoms with van der Waals surface area (Å²) in [6.45, 7) is 1.88. The molecule has 0 N–H and O–H groups in total. The summed E-state index contributed by atoms with van der Waals surface area (Å²) in [5.74, 6) is 0.583. The van der Waals surface area contributed by atoms with Crippen LogP contribution in [0.15, 0.2) is 33.1 Å². The summed E-state index contributed by atoms with van der Waals surface area (Å²) in [5, 5.41) is 0. The quantitative estimate of drug-likeness (QED) is 0.804. The predicted octanol–water partition coefficient (Wildman–Crippen LogP) is 3.20. The Labute approximate surface area is 87.7 Å². The first-order chi connectivity index (χ1) is 6.03. The van der Waals surface area contributed by atoms with E-state index in [1.54, 1.807) is 6.26 Å². The van der Waals surface area contributed by atoms with E-state index >= 15 is 0 Å². The highest BCUT2D eigenvalue weighted by molar-refractivity contribution is 9.10. The Morgan fingerprint density at radius 1 is 1.54 bits per heavy atom. The Morgan fingerprint density at radius 3 is 2.77 bits per heavy atom. The van der Waals surface area contributed by atoms with Crippen molar-refractivity contribution in [1.29, 1.82) is 0 Å². The van der Waals surface area contributed by atoms with Crippen LogP contribution in [0.25, 0.3) is 0 Å². The van der Waals surface area contributed by atoms with E-state index < -0.39 is 9.73 Å². The molecule has 0 amide bonds. The number of benzene rings is 1. The Hall–Kier alpha value is -0.350. The molecule has 0 fully saturated rings. The van der Waals surface area contributed by atoms with E-state index in [-0.39, 0.29) is 0 Å². The van der Waals surface area contributed by atoms with Crippen LogP contribution < -0.4 is 0 Å². The average molecular weight is 262 g/mol. The molecule has 0 aliphatic heterocycles. The molecule has 0 saturated carbocycles.